The highest BCUT2D eigenvalue weighted by Crippen LogP contribution is 2.46. The van der Waals surface area contributed by atoms with Crippen molar-refractivity contribution in [1.29, 1.82) is 0 Å². The number of ether oxygens (including phenoxy) is 3. The quantitative estimate of drug-likeness (QED) is 0.182. The molecule has 5 rings (SSSR count). The van der Waals surface area contributed by atoms with Gasteiger partial charge in [0, 0.05) is 0 Å². The van der Waals surface area contributed by atoms with Gasteiger partial charge in [0.2, 0.25) is 5.78 Å². The second kappa shape index (κ2) is 10.8. The van der Waals surface area contributed by atoms with Crippen LogP contribution in [-0.4, -0.2) is 42.6 Å². The maximum absolute atomic E-state index is 13.6. The van der Waals surface area contributed by atoms with Crippen LogP contribution in [0.1, 0.15) is 41.0 Å². The van der Waals surface area contributed by atoms with Crippen LogP contribution in [0.5, 0.6) is 17.2 Å². The third kappa shape index (κ3) is 4.61. The molecule has 0 aliphatic carbocycles. The summed E-state index contributed by atoms with van der Waals surface area (Å²) in [5.74, 6) is -0.00437. The first-order valence-corrected chi connectivity index (χ1v) is 13.8. The molecule has 0 saturated carbocycles. The summed E-state index contributed by atoms with van der Waals surface area (Å²) >= 11 is 2.53. The zero-order chi connectivity index (χ0) is 26.8. The summed E-state index contributed by atoms with van der Waals surface area (Å²) in [6, 6.07) is 13.2. The van der Waals surface area contributed by atoms with E-state index in [1.54, 1.807) is 55.0 Å². The number of aliphatic hydroxyl groups excluding tert-OH is 1. The average molecular weight is 551 g/mol. The predicted octanol–water partition coefficient (Wildman–Crippen LogP) is 6.34. The molecule has 0 fully saturated rings. The number of anilines is 1. The van der Waals surface area contributed by atoms with Crippen LogP contribution in [0.15, 0.2) is 65.2 Å². The number of methoxy groups -OCH3 is 2. The summed E-state index contributed by atoms with van der Waals surface area (Å²) in [7, 11) is 3.12. The van der Waals surface area contributed by atoms with E-state index in [0.717, 1.165) is 17.5 Å². The zero-order valence-corrected chi connectivity index (χ0v) is 22.7. The van der Waals surface area contributed by atoms with Crippen molar-refractivity contribution < 1.29 is 28.9 Å². The maximum atomic E-state index is 13.6. The number of Topliss-reactive ketones (excluding diaryl/α,β-unsaturated/α-hetero) is 1. The number of benzene rings is 2. The summed E-state index contributed by atoms with van der Waals surface area (Å²) in [5.41, 5.74) is 1.25. The highest BCUT2D eigenvalue weighted by Gasteiger charge is 2.46. The third-order valence-corrected chi connectivity index (χ3v) is 8.13. The number of aromatic nitrogens is 1. The van der Waals surface area contributed by atoms with E-state index in [1.807, 2.05) is 6.07 Å². The van der Waals surface area contributed by atoms with Crippen molar-refractivity contribution in [2.45, 2.75) is 25.8 Å². The average Bonchev–Trinajstić information content (AvgIpc) is 3.67. The van der Waals surface area contributed by atoms with Crippen molar-refractivity contribution in [2.75, 3.05) is 25.7 Å². The molecule has 1 amide bonds. The molecule has 1 unspecified atom stereocenters. The van der Waals surface area contributed by atoms with Crippen LogP contribution in [0.3, 0.4) is 0 Å². The van der Waals surface area contributed by atoms with Gasteiger partial charge in [0.05, 0.1) is 47.5 Å². The van der Waals surface area contributed by atoms with E-state index in [1.165, 1.54) is 34.7 Å². The number of hydrogen-bond acceptors (Lipinski definition) is 9. The fourth-order valence-electron chi connectivity index (χ4n) is 4.31. The molecule has 0 bridgehead atoms. The number of ketones is 1. The molecule has 1 N–H and O–H groups in total. The number of carbonyl (C=O) groups is 2. The Bertz CT molecular complexity index is 1530. The summed E-state index contributed by atoms with van der Waals surface area (Å²) in [4.78, 5) is 33.6. The Morgan fingerprint density at radius 2 is 1.95 bits per heavy atom. The Hall–Kier alpha value is -3.89. The van der Waals surface area contributed by atoms with Crippen LogP contribution in [0.25, 0.3) is 10.2 Å². The van der Waals surface area contributed by atoms with Gasteiger partial charge >= 0.3 is 0 Å². The molecule has 4 aromatic rings. The molecule has 38 heavy (non-hydrogen) atoms. The number of aliphatic hydroxyl groups is 1. The lowest BCUT2D eigenvalue weighted by molar-refractivity contribution is -0.117. The van der Waals surface area contributed by atoms with Gasteiger partial charge in [-0.05, 0) is 53.8 Å². The van der Waals surface area contributed by atoms with Crippen molar-refractivity contribution >= 4 is 49.7 Å². The number of rotatable bonds is 10. The Labute approximate surface area is 227 Å². The van der Waals surface area contributed by atoms with E-state index in [0.29, 0.717) is 44.9 Å². The van der Waals surface area contributed by atoms with Gasteiger partial charge in [-0.2, -0.15) is 0 Å². The van der Waals surface area contributed by atoms with E-state index in [-0.39, 0.29) is 5.57 Å². The molecule has 2 aromatic heterocycles. The number of fused-ring (bicyclic) bond motifs is 1. The van der Waals surface area contributed by atoms with Crippen LogP contribution in [-0.2, 0) is 4.79 Å². The number of nitrogens with zero attached hydrogens (tertiary/aromatic N) is 2. The Morgan fingerprint density at radius 1 is 1.11 bits per heavy atom. The van der Waals surface area contributed by atoms with Gasteiger partial charge in [0.25, 0.3) is 5.91 Å². The number of hydrogen-bond donors (Lipinski definition) is 1. The number of carbonyl (C=O) groups excluding carboxylic acids is 2. The van der Waals surface area contributed by atoms with Gasteiger partial charge in [-0.3, -0.25) is 14.5 Å². The van der Waals surface area contributed by atoms with Crippen molar-refractivity contribution in [3.8, 4) is 17.2 Å². The standard InChI is InChI=1S/C28H26N2O6S2/c1-4-5-12-36-19-11-8-16(14-20(19)35-3)24-23(25(31)21-7-6-13-37-21)26(32)27(33)30(24)28-29-18-10-9-17(34-2)15-22(18)38-28/h6-11,13-15,24,32H,4-5,12H2,1-3H3. The molecular formula is C28H26N2O6S2. The van der Waals surface area contributed by atoms with Crippen molar-refractivity contribution in [2.24, 2.45) is 0 Å². The molecule has 0 spiro atoms. The molecular weight excluding hydrogens is 524 g/mol. The summed E-state index contributed by atoms with van der Waals surface area (Å²) < 4.78 is 17.6. The van der Waals surface area contributed by atoms with E-state index in [9.17, 15) is 14.7 Å². The summed E-state index contributed by atoms with van der Waals surface area (Å²) in [6.45, 7) is 2.62. The summed E-state index contributed by atoms with van der Waals surface area (Å²) in [6.07, 6.45) is 1.89. The van der Waals surface area contributed by atoms with Crippen LogP contribution >= 0.6 is 22.7 Å². The number of thiophene rings is 1. The number of thiazole rings is 1. The van der Waals surface area contributed by atoms with Gasteiger partial charge < -0.3 is 19.3 Å². The Kier molecular flexibility index (Phi) is 7.35. The van der Waals surface area contributed by atoms with Crippen molar-refractivity contribution in [3.05, 3.63) is 75.7 Å². The maximum Gasteiger partial charge on any atom is 0.296 e. The topological polar surface area (TPSA) is 98.2 Å². The minimum absolute atomic E-state index is 0.00371. The van der Waals surface area contributed by atoms with E-state index in [4.69, 9.17) is 14.2 Å². The van der Waals surface area contributed by atoms with Crippen LogP contribution in [0, 0.1) is 0 Å². The minimum atomic E-state index is -0.918. The van der Waals surface area contributed by atoms with Gasteiger partial charge in [0.15, 0.2) is 22.4 Å². The van der Waals surface area contributed by atoms with Crippen LogP contribution in [0.2, 0.25) is 0 Å². The molecule has 3 heterocycles. The normalized spacial score (nSPS) is 15.4. The smallest absolute Gasteiger partial charge is 0.296 e. The highest BCUT2D eigenvalue weighted by molar-refractivity contribution is 7.22. The highest BCUT2D eigenvalue weighted by atomic mass is 32.1. The first-order chi connectivity index (χ1) is 18.5. The lowest BCUT2D eigenvalue weighted by Gasteiger charge is -2.25. The van der Waals surface area contributed by atoms with Gasteiger partial charge in [-0.1, -0.05) is 36.8 Å². The van der Waals surface area contributed by atoms with Gasteiger partial charge in [0.1, 0.15) is 5.75 Å². The predicted molar refractivity (Wildman–Crippen MR) is 148 cm³/mol. The first kappa shape index (κ1) is 25.7. The second-order valence-electron chi connectivity index (χ2n) is 8.59. The molecule has 0 radical (unpaired) electrons. The Morgan fingerprint density at radius 3 is 2.66 bits per heavy atom. The molecule has 0 saturated heterocycles. The van der Waals surface area contributed by atoms with E-state index >= 15 is 0 Å². The molecule has 10 heteroatoms. The lowest BCUT2D eigenvalue weighted by atomic mass is 9.95. The SMILES string of the molecule is CCCCOc1ccc(C2C(C(=O)c3cccs3)=C(O)C(=O)N2c2nc3ccc(OC)cc3s2)cc1OC. The van der Waals surface area contributed by atoms with Crippen LogP contribution in [0.4, 0.5) is 5.13 Å². The summed E-state index contributed by atoms with van der Waals surface area (Å²) in [5, 5.41) is 13.2. The second-order valence-corrected chi connectivity index (χ2v) is 10.5. The lowest BCUT2D eigenvalue weighted by Crippen LogP contribution is -2.31. The molecule has 8 nitrogen and oxygen atoms in total. The molecule has 196 valence electrons. The fraction of sp³-hybridized carbons (Fsp3) is 0.250. The van der Waals surface area contributed by atoms with Gasteiger partial charge in [-0.15, -0.1) is 11.3 Å². The fourth-order valence-corrected chi connectivity index (χ4v) is 6.01. The Balaban J connectivity index is 1.63. The third-order valence-electron chi connectivity index (χ3n) is 6.25. The van der Waals surface area contributed by atoms with E-state index < -0.39 is 23.5 Å². The van der Waals surface area contributed by atoms with Crippen LogP contribution < -0.4 is 19.1 Å². The van der Waals surface area contributed by atoms with Gasteiger partial charge in [-0.25, -0.2) is 4.98 Å². The van der Waals surface area contributed by atoms with Crippen molar-refractivity contribution in [1.82, 2.24) is 4.98 Å². The monoisotopic (exact) mass is 550 g/mol. The number of unbranched alkanes of at least 4 members (excludes halogenated alkanes) is 1. The first-order valence-electron chi connectivity index (χ1n) is 12.1. The molecule has 1 aliphatic heterocycles. The van der Waals surface area contributed by atoms with Crippen molar-refractivity contribution in [3.63, 3.8) is 0 Å². The minimum Gasteiger partial charge on any atom is -0.503 e. The molecule has 1 aliphatic rings. The largest absolute Gasteiger partial charge is 0.503 e. The number of amides is 1. The molecule has 1 atom stereocenters. The molecule has 2 aromatic carbocycles. The zero-order valence-electron chi connectivity index (χ0n) is 21.1. The van der Waals surface area contributed by atoms with E-state index in [2.05, 4.69) is 11.9 Å².